The number of carboxylic acids is 1. The summed E-state index contributed by atoms with van der Waals surface area (Å²) in [6.45, 7) is 4.33. The maximum atomic E-state index is 12.6. The molecule has 1 aliphatic heterocycles. The van der Waals surface area contributed by atoms with Gasteiger partial charge in [0.15, 0.2) is 0 Å². The maximum Gasteiger partial charge on any atom is 0.310 e. The Labute approximate surface area is 173 Å². The fourth-order valence-electron chi connectivity index (χ4n) is 4.77. The molecule has 6 nitrogen and oxygen atoms in total. The Morgan fingerprint density at radius 1 is 1.25 bits per heavy atom. The van der Waals surface area contributed by atoms with Crippen molar-refractivity contribution in [3.8, 4) is 0 Å². The third-order valence-corrected chi connectivity index (χ3v) is 6.71. The van der Waals surface area contributed by atoms with Crippen molar-refractivity contribution in [3.05, 3.63) is 30.1 Å². The average Bonchev–Trinajstić information content (AvgIpc) is 2.91. The summed E-state index contributed by atoms with van der Waals surface area (Å²) < 4.78 is 0. The lowest BCUT2D eigenvalue weighted by Crippen LogP contribution is -2.48. The van der Waals surface area contributed by atoms with Crippen molar-refractivity contribution in [1.29, 1.82) is 0 Å². The zero-order valence-corrected chi connectivity index (χ0v) is 18.1. The molecule has 0 atom stereocenters. The van der Waals surface area contributed by atoms with Crippen molar-refractivity contribution in [1.82, 2.24) is 14.8 Å². The second-order valence-electron chi connectivity index (χ2n) is 9.26. The van der Waals surface area contributed by atoms with Crippen LogP contribution in [0.3, 0.4) is 0 Å². The van der Waals surface area contributed by atoms with Crippen LogP contribution in [0.2, 0.25) is 0 Å². The molecule has 2 fully saturated rings. The minimum Gasteiger partial charge on any atom is -0.481 e. The van der Waals surface area contributed by atoms with Crippen LogP contribution in [0.15, 0.2) is 24.4 Å². The van der Waals surface area contributed by atoms with Crippen LogP contribution in [0.25, 0.3) is 0 Å². The van der Waals surface area contributed by atoms with E-state index < -0.39 is 11.4 Å². The monoisotopic (exact) mass is 409 g/mol. The zero-order chi connectivity index (χ0) is 19.9. The number of nitrogens with zero attached hydrogens (tertiary/aromatic N) is 3. The number of halogens is 1. The van der Waals surface area contributed by atoms with Gasteiger partial charge in [-0.2, -0.15) is 0 Å². The summed E-state index contributed by atoms with van der Waals surface area (Å²) in [5.41, 5.74) is 0.0542. The SMILES string of the molecule is CN(C)[C@]1(c2ccccn2)CC[C@@]2(CC1)CC(=O)N(CC(C)(C)C(=O)O)C2.Cl. The number of hydrogen-bond acceptors (Lipinski definition) is 4. The summed E-state index contributed by atoms with van der Waals surface area (Å²) in [6, 6.07) is 6.07. The van der Waals surface area contributed by atoms with Crippen LogP contribution in [0.4, 0.5) is 0 Å². The highest BCUT2D eigenvalue weighted by atomic mass is 35.5. The molecule has 3 rings (SSSR count). The smallest absolute Gasteiger partial charge is 0.310 e. The van der Waals surface area contributed by atoms with E-state index in [1.165, 1.54) is 0 Å². The van der Waals surface area contributed by atoms with E-state index in [0.717, 1.165) is 31.4 Å². The van der Waals surface area contributed by atoms with Gasteiger partial charge in [-0.3, -0.25) is 19.5 Å². The first-order valence-corrected chi connectivity index (χ1v) is 9.70. The van der Waals surface area contributed by atoms with E-state index in [2.05, 4.69) is 30.0 Å². The molecule has 1 spiro atoms. The maximum absolute atomic E-state index is 12.6. The summed E-state index contributed by atoms with van der Waals surface area (Å²) in [6.07, 6.45) is 6.21. The van der Waals surface area contributed by atoms with Crippen molar-refractivity contribution in [2.24, 2.45) is 10.8 Å². The van der Waals surface area contributed by atoms with Crippen LogP contribution in [-0.2, 0) is 15.1 Å². The first-order chi connectivity index (χ1) is 12.6. The number of aliphatic carboxylic acids is 1. The van der Waals surface area contributed by atoms with Gasteiger partial charge >= 0.3 is 5.97 Å². The van der Waals surface area contributed by atoms with Crippen LogP contribution in [0, 0.1) is 10.8 Å². The summed E-state index contributed by atoms with van der Waals surface area (Å²) in [4.78, 5) is 32.7. The van der Waals surface area contributed by atoms with Crippen molar-refractivity contribution in [2.75, 3.05) is 27.2 Å². The van der Waals surface area contributed by atoms with Gasteiger partial charge < -0.3 is 10.0 Å². The van der Waals surface area contributed by atoms with Gasteiger partial charge in [0, 0.05) is 25.7 Å². The molecule has 1 aliphatic carbocycles. The number of carbonyl (C=O) groups excluding carboxylic acids is 1. The number of carboxylic acid groups (broad SMARTS) is 1. The van der Waals surface area contributed by atoms with Crippen LogP contribution < -0.4 is 0 Å². The molecule has 0 bridgehead atoms. The average molecular weight is 410 g/mol. The van der Waals surface area contributed by atoms with Gasteiger partial charge in [-0.05, 0) is 71.2 Å². The van der Waals surface area contributed by atoms with Crippen molar-refractivity contribution >= 4 is 24.3 Å². The molecule has 0 radical (unpaired) electrons. The molecule has 2 aliphatic rings. The number of pyridine rings is 1. The quantitative estimate of drug-likeness (QED) is 0.808. The fourth-order valence-corrected chi connectivity index (χ4v) is 4.77. The normalized spacial score (nSPS) is 27.9. The molecule has 0 aromatic carbocycles. The first kappa shape index (κ1) is 22.6. The first-order valence-electron chi connectivity index (χ1n) is 9.70. The van der Waals surface area contributed by atoms with Crippen LogP contribution in [-0.4, -0.2) is 59.0 Å². The Morgan fingerprint density at radius 2 is 1.89 bits per heavy atom. The standard InChI is InChI=1S/C21H31N3O3.ClH/c1-19(2,18(26)27)14-24-15-20(13-17(24)25)8-10-21(11-9-20,23(3)4)16-7-5-6-12-22-16;/h5-7,12H,8-11,13-15H2,1-4H3,(H,26,27);1H/t20-,21-;. The lowest BCUT2D eigenvalue weighted by molar-refractivity contribution is -0.148. The highest BCUT2D eigenvalue weighted by Gasteiger charge is 2.51. The van der Waals surface area contributed by atoms with Crippen LogP contribution in [0.1, 0.15) is 51.6 Å². The van der Waals surface area contributed by atoms with Crippen molar-refractivity contribution < 1.29 is 14.7 Å². The number of hydrogen-bond donors (Lipinski definition) is 1. The van der Waals surface area contributed by atoms with Crippen LogP contribution in [0.5, 0.6) is 0 Å². The Balaban J connectivity index is 0.00000280. The van der Waals surface area contributed by atoms with Gasteiger partial charge in [0.05, 0.1) is 16.6 Å². The third-order valence-electron chi connectivity index (χ3n) is 6.71. The topological polar surface area (TPSA) is 73.7 Å². The third kappa shape index (κ3) is 4.03. The lowest BCUT2D eigenvalue weighted by atomic mass is 9.65. The van der Waals surface area contributed by atoms with E-state index in [1.807, 2.05) is 18.3 Å². The lowest BCUT2D eigenvalue weighted by Gasteiger charge is -2.48. The van der Waals surface area contributed by atoms with Gasteiger partial charge in [-0.1, -0.05) is 6.07 Å². The van der Waals surface area contributed by atoms with E-state index in [9.17, 15) is 14.7 Å². The summed E-state index contributed by atoms with van der Waals surface area (Å²) in [7, 11) is 4.21. The van der Waals surface area contributed by atoms with Crippen molar-refractivity contribution in [2.45, 2.75) is 51.5 Å². The summed E-state index contributed by atoms with van der Waals surface area (Å²) in [5.74, 6) is -0.763. The molecule has 28 heavy (non-hydrogen) atoms. The molecular formula is C21H32ClN3O3. The van der Waals surface area contributed by atoms with Gasteiger partial charge in [-0.15, -0.1) is 12.4 Å². The van der Waals surface area contributed by atoms with E-state index in [1.54, 1.807) is 18.7 Å². The molecule has 1 N–H and O–H groups in total. The Bertz CT molecular complexity index is 713. The molecule has 1 amide bonds. The Morgan fingerprint density at radius 3 is 2.39 bits per heavy atom. The van der Waals surface area contributed by atoms with E-state index in [0.29, 0.717) is 13.0 Å². The largest absolute Gasteiger partial charge is 0.481 e. The Kier molecular flexibility index (Phi) is 6.46. The molecule has 1 saturated carbocycles. The highest BCUT2D eigenvalue weighted by molar-refractivity contribution is 5.85. The Hall–Kier alpha value is -1.66. The van der Waals surface area contributed by atoms with Crippen molar-refractivity contribution in [3.63, 3.8) is 0 Å². The fraction of sp³-hybridized carbons (Fsp3) is 0.667. The second-order valence-corrected chi connectivity index (χ2v) is 9.26. The number of rotatable bonds is 5. The molecule has 2 heterocycles. The molecular weight excluding hydrogens is 378 g/mol. The molecule has 1 aromatic rings. The summed E-state index contributed by atoms with van der Waals surface area (Å²) >= 11 is 0. The molecule has 1 aromatic heterocycles. The molecule has 1 saturated heterocycles. The highest BCUT2D eigenvalue weighted by Crippen LogP contribution is 2.51. The minimum atomic E-state index is -0.919. The zero-order valence-electron chi connectivity index (χ0n) is 17.3. The predicted molar refractivity (Wildman–Crippen MR) is 110 cm³/mol. The van der Waals surface area contributed by atoms with Crippen LogP contribution >= 0.6 is 12.4 Å². The number of likely N-dealkylation sites (tertiary alicyclic amines) is 1. The second kappa shape index (κ2) is 7.99. The minimum absolute atomic E-state index is 0. The van der Waals surface area contributed by atoms with Gasteiger partial charge in [0.25, 0.3) is 0 Å². The molecule has 156 valence electrons. The number of amides is 1. The summed E-state index contributed by atoms with van der Waals surface area (Å²) in [5, 5.41) is 9.40. The molecule has 7 heteroatoms. The number of carbonyl (C=O) groups is 2. The van der Waals surface area contributed by atoms with Gasteiger partial charge in [0.1, 0.15) is 0 Å². The van der Waals surface area contributed by atoms with Gasteiger partial charge in [-0.25, -0.2) is 0 Å². The van der Waals surface area contributed by atoms with Gasteiger partial charge in [0.2, 0.25) is 5.91 Å². The predicted octanol–water partition coefficient (Wildman–Crippen LogP) is 3.16. The van der Waals surface area contributed by atoms with E-state index >= 15 is 0 Å². The molecule has 0 unspecified atom stereocenters. The van der Waals surface area contributed by atoms with E-state index in [4.69, 9.17) is 0 Å². The number of aromatic nitrogens is 1. The van der Waals surface area contributed by atoms with E-state index in [-0.39, 0.29) is 35.8 Å².